The minimum atomic E-state index is -0.309. The number of benzene rings is 2. The summed E-state index contributed by atoms with van der Waals surface area (Å²) in [7, 11) is 0. The SMILES string of the molecule is CSc1nccc(O/N=C/C(=O)c2cccc(OCc3ccc(Cl)cc3)c2)n1. The molecule has 0 aliphatic heterocycles. The molecule has 0 fully saturated rings. The molecule has 0 aliphatic carbocycles. The summed E-state index contributed by atoms with van der Waals surface area (Å²) in [6, 6.07) is 15.8. The zero-order valence-electron chi connectivity index (χ0n) is 14.9. The van der Waals surface area contributed by atoms with Gasteiger partial charge in [0.05, 0.1) is 0 Å². The molecular weight excluding hydrogens is 398 g/mol. The van der Waals surface area contributed by atoms with Crippen molar-refractivity contribution in [1.82, 2.24) is 9.97 Å². The van der Waals surface area contributed by atoms with E-state index in [2.05, 4.69) is 15.1 Å². The van der Waals surface area contributed by atoms with Crippen molar-refractivity contribution in [2.24, 2.45) is 5.16 Å². The number of rotatable bonds is 8. The fraction of sp³-hybridized carbons (Fsp3) is 0.100. The van der Waals surface area contributed by atoms with Crippen LogP contribution in [0.25, 0.3) is 0 Å². The molecule has 0 unspecified atom stereocenters. The number of Topliss-reactive ketones (excluding diaryl/α,β-unsaturated/α-hetero) is 1. The summed E-state index contributed by atoms with van der Waals surface area (Å²) >= 11 is 7.25. The van der Waals surface area contributed by atoms with Crippen molar-refractivity contribution in [2.75, 3.05) is 6.26 Å². The van der Waals surface area contributed by atoms with Crippen LogP contribution in [-0.2, 0) is 6.61 Å². The van der Waals surface area contributed by atoms with Gasteiger partial charge in [-0.25, -0.2) is 4.98 Å². The summed E-state index contributed by atoms with van der Waals surface area (Å²) < 4.78 is 5.73. The Balaban J connectivity index is 1.59. The van der Waals surface area contributed by atoms with Crippen LogP contribution in [0.2, 0.25) is 5.02 Å². The lowest BCUT2D eigenvalue weighted by molar-refractivity contribution is 0.106. The van der Waals surface area contributed by atoms with Gasteiger partial charge in [-0.2, -0.15) is 4.98 Å². The number of ketones is 1. The van der Waals surface area contributed by atoms with Gasteiger partial charge in [-0.3, -0.25) is 4.79 Å². The van der Waals surface area contributed by atoms with E-state index in [0.717, 1.165) is 11.8 Å². The molecule has 0 saturated heterocycles. The summed E-state index contributed by atoms with van der Waals surface area (Å²) in [4.78, 5) is 25.6. The van der Waals surface area contributed by atoms with Crippen LogP contribution < -0.4 is 9.57 Å². The number of halogens is 1. The third-order valence-electron chi connectivity index (χ3n) is 3.54. The molecule has 3 aromatic rings. The van der Waals surface area contributed by atoms with Crippen LogP contribution in [0, 0.1) is 0 Å². The summed E-state index contributed by atoms with van der Waals surface area (Å²) in [5, 5.41) is 4.93. The maximum absolute atomic E-state index is 12.3. The first-order valence-electron chi connectivity index (χ1n) is 8.23. The van der Waals surface area contributed by atoms with E-state index in [-0.39, 0.29) is 11.7 Å². The molecule has 6 nitrogen and oxygen atoms in total. The standard InChI is InChI=1S/C20H16ClN3O3S/c1-28-20-22-10-9-19(24-20)27-23-12-18(25)15-3-2-4-17(11-15)26-13-14-5-7-16(21)8-6-14/h2-12H,13H2,1H3/b23-12+. The Hall–Kier alpha value is -2.90. The maximum atomic E-state index is 12.3. The molecule has 1 aromatic heterocycles. The van der Waals surface area contributed by atoms with Gasteiger partial charge in [0.2, 0.25) is 5.78 Å². The summed E-state index contributed by atoms with van der Waals surface area (Å²) in [5.74, 6) is 0.537. The second kappa shape index (κ2) is 9.87. The minimum Gasteiger partial charge on any atom is -0.489 e. The first kappa shape index (κ1) is 19.9. The predicted octanol–water partition coefficient (Wildman–Crippen LogP) is 4.68. The van der Waals surface area contributed by atoms with Gasteiger partial charge in [0.25, 0.3) is 5.88 Å². The van der Waals surface area contributed by atoms with E-state index < -0.39 is 0 Å². The third kappa shape index (κ3) is 5.80. The Morgan fingerprint density at radius 1 is 1.21 bits per heavy atom. The lowest BCUT2D eigenvalue weighted by Gasteiger charge is -2.07. The van der Waals surface area contributed by atoms with Crippen molar-refractivity contribution < 1.29 is 14.4 Å². The Labute approximate surface area is 171 Å². The van der Waals surface area contributed by atoms with Crippen LogP contribution in [0.15, 0.2) is 71.1 Å². The highest BCUT2D eigenvalue weighted by Crippen LogP contribution is 2.17. The first-order valence-corrected chi connectivity index (χ1v) is 9.83. The zero-order chi connectivity index (χ0) is 19.8. The van der Waals surface area contributed by atoms with E-state index in [4.69, 9.17) is 21.2 Å². The number of aromatic nitrogens is 2. The highest BCUT2D eigenvalue weighted by Gasteiger charge is 2.06. The normalized spacial score (nSPS) is 10.8. The monoisotopic (exact) mass is 413 g/mol. The molecule has 0 amide bonds. The number of hydrogen-bond acceptors (Lipinski definition) is 7. The zero-order valence-corrected chi connectivity index (χ0v) is 16.5. The van der Waals surface area contributed by atoms with Gasteiger partial charge >= 0.3 is 0 Å². The quantitative estimate of drug-likeness (QED) is 0.175. The molecule has 1 heterocycles. The molecule has 28 heavy (non-hydrogen) atoms. The summed E-state index contributed by atoms with van der Waals surface area (Å²) in [5.41, 5.74) is 1.42. The number of carbonyl (C=O) groups excluding carboxylic acids is 1. The molecule has 0 radical (unpaired) electrons. The topological polar surface area (TPSA) is 73.7 Å². The number of hydrogen-bond donors (Lipinski definition) is 0. The average molecular weight is 414 g/mol. The molecule has 2 aromatic carbocycles. The Morgan fingerprint density at radius 2 is 2.04 bits per heavy atom. The van der Waals surface area contributed by atoms with Crippen molar-refractivity contribution in [2.45, 2.75) is 11.8 Å². The second-order valence-corrected chi connectivity index (χ2v) is 6.72. The van der Waals surface area contributed by atoms with Crippen LogP contribution in [0.1, 0.15) is 15.9 Å². The summed E-state index contributed by atoms with van der Waals surface area (Å²) in [6.45, 7) is 0.373. The van der Waals surface area contributed by atoms with E-state index in [9.17, 15) is 4.79 Å². The highest BCUT2D eigenvalue weighted by molar-refractivity contribution is 7.98. The van der Waals surface area contributed by atoms with Gasteiger partial charge in [-0.05, 0) is 36.1 Å². The van der Waals surface area contributed by atoms with Crippen LogP contribution >= 0.6 is 23.4 Å². The van der Waals surface area contributed by atoms with Crippen LogP contribution in [0.4, 0.5) is 0 Å². The van der Waals surface area contributed by atoms with E-state index in [1.807, 2.05) is 18.4 Å². The molecule has 0 bridgehead atoms. The van der Waals surface area contributed by atoms with Crippen molar-refractivity contribution in [1.29, 1.82) is 0 Å². The van der Waals surface area contributed by atoms with Crippen molar-refractivity contribution in [3.63, 3.8) is 0 Å². The molecule has 8 heteroatoms. The molecule has 0 spiro atoms. The molecule has 0 atom stereocenters. The number of carbonyl (C=O) groups is 1. The second-order valence-electron chi connectivity index (χ2n) is 5.51. The van der Waals surface area contributed by atoms with Gasteiger partial charge in [-0.15, -0.1) is 0 Å². The average Bonchev–Trinajstić information content (AvgIpc) is 2.73. The third-order valence-corrected chi connectivity index (χ3v) is 4.36. The Bertz CT molecular complexity index is 980. The van der Waals surface area contributed by atoms with E-state index >= 15 is 0 Å². The maximum Gasteiger partial charge on any atom is 0.252 e. The lowest BCUT2D eigenvalue weighted by Crippen LogP contribution is -2.03. The number of nitrogens with zero attached hydrogens (tertiary/aromatic N) is 3. The Kier molecular flexibility index (Phi) is 7.00. The number of oxime groups is 1. The molecule has 0 saturated carbocycles. The fourth-order valence-electron chi connectivity index (χ4n) is 2.16. The number of ether oxygens (including phenoxy) is 1. The van der Waals surface area contributed by atoms with E-state index in [0.29, 0.717) is 28.1 Å². The predicted molar refractivity (Wildman–Crippen MR) is 109 cm³/mol. The molecule has 3 rings (SSSR count). The smallest absolute Gasteiger partial charge is 0.252 e. The van der Waals surface area contributed by atoms with Crippen molar-refractivity contribution >= 4 is 35.4 Å². The Morgan fingerprint density at radius 3 is 2.82 bits per heavy atom. The van der Waals surface area contributed by atoms with Gasteiger partial charge < -0.3 is 9.57 Å². The molecule has 0 N–H and O–H groups in total. The van der Waals surface area contributed by atoms with Gasteiger partial charge in [0, 0.05) is 22.8 Å². The van der Waals surface area contributed by atoms with Gasteiger partial charge in [0.15, 0.2) is 5.16 Å². The summed E-state index contributed by atoms with van der Waals surface area (Å²) in [6.07, 6.45) is 4.51. The van der Waals surface area contributed by atoms with Gasteiger partial charge in [-0.1, -0.05) is 52.8 Å². The highest BCUT2D eigenvalue weighted by atomic mass is 35.5. The fourth-order valence-corrected chi connectivity index (χ4v) is 2.64. The van der Waals surface area contributed by atoms with E-state index in [1.165, 1.54) is 11.8 Å². The number of thioether (sulfide) groups is 1. The van der Waals surface area contributed by atoms with Crippen molar-refractivity contribution in [3.05, 3.63) is 76.9 Å². The van der Waals surface area contributed by atoms with Crippen molar-refractivity contribution in [3.8, 4) is 11.6 Å². The molecular formula is C20H16ClN3O3S. The van der Waals surface area contributed by atoms with E-state index in [1.54, 1.807) is 48.7 Å². The van der Waals surface area contributed by atoms with Gasteiger partial charge in [0.1, 0.15) is 18.6 Å². The van der Waals surface area contributed by atoms with Crippen LogP contribution in [0.5, 0.6) is 11.6 Å². The van der Waals surface area contributed by atoms with Crippen LogP contribution in [0.3, 0.4) is 0 Å². The minimum absolute atomic E-state index is 0.267. The lowest BCUT2D eigenvalue weighted by atomic mass is 10.1. The molecule has 142 valence electrons. The first-order chi connectivity index (χ1) is 13.6. The molecule has 0 aliphatic rings. The van der Waals surface area contributed by atoms with Crippen LogP contribution in [-0.4, -0.2) is 28.2 Å². The largest absolute Gasteiger partial charge is 0.489 e.